The van der Waals surface area contributed by atoms with E-state index in [0.29, 0.717) is 0 Å². The fraction of sp³-hybridized carbons (Fsp3) is 0.0649. The van der Waals surface area contributed by atoms with Gasteiger partial charge < -0.3 is 23.7 Å². The zero-order valence-corrected chi connectivity index (χ0v) is 45.7. The molecule has 0 saturated heterocycles. The summed E-state index contributed by atoms with van der Waals surface area (Å²) in [7, 11) is 8.65. The highest BCUT2D eigenvalue weighted by Gasteiger charge is 2.34. The van der Waals surface area contributed by atoms with E-state index in [1.54, 1.807) is 35.5 Å². The first kappa shape index (κ1) is 46.5. The molecule has 0 fully saturated rings. The summed E-state index contributed by atoms with van der Waals surface area (Å²) in [6.45, 7) is 0. The van der Waals surface area contributed by atoms with E-state index in [4.69, 9.17) is 23.7 Å². The fourth-order valence-corrected chi connectivity index (χ4v) is 14.7. The molecule has 0 amide bonds. The van der Waals surface area contributed by atoms with Crippen LogP contribution in [0.4, 0.5) is 0 Å². The van der Waals surface area contributed by atoms with Crippen molar-refractivity contribution in [2.75, 3.05) is 35.5 Å². The molecule has 5 nitrogen and oxygen atoms in total. The van der Waals surface area contributed by atoms with Crippen LogP contribution in [-0.4, -0.2) is 35.5 Å². The lowest BCUT2D eigenvalue weighted by Crippen LogP contribution is -1.95. The van der Waals surface area contributed by atoms with Crippen molar-refractivity contribution in [1.82, 2.24) is 0 Å². The molecular weight excluding hydrogens is 1000 g/mol. The molecule has 0 bridgehead atoms. The SMILES string of the molecule is COc1ccc(-c2cc(-c3ccc(OC)cc3)c3c(c2-c2ccc(OC)cc2)-c2ccc4c5ccc6c7c(-c8ccc(OC)cc8)c8c9cccc%10cccc(c8c(-c8ccc(OC)cc8)c7c7ccc(c8ccc-3c2c84)c5c76)c%109)cc1. The molecule has 0 radical (unpaired) electrons. The average Bonchev–Trinajstić information content (AvgIpc) is 1.76. The summed E-state index contributed by atoms with van der Waals surface area (Å²) in [5.74, 6) is 4.11. The highest BCUT2D eigenvalue weighted by atomic mass is 16.5. The molecule has 0 atom stereocenters. The molecule has 16 aromatic carbocycles. The number of benzene rings is 14. The van der Waals surface area contributed by atoms with Crippen LogP contribution >= 0.6 is 0 Å². The van der Waals surface area contributed by atoms with Crippen molar-refractivity contribution >= 4 is 97.0 Å². The Kier molecular flexibility index (Phi) is 9.83. The molecule has 0 aliphatic heterocycles. The minimum Gasteiger partial charge on any atom is -0.497 e. The molecule has 16 aromatic rings. The molecule has 0 aromatic heterocycles. The molecule has 82 heavy (non-hydrogen) atoms. The lowest BCUT2D eigenvalue weighted by Gasteiger charge is -2.21. The molecule has 0 heterocycles. The zero-order chi connectivity index (χ0) is 54.6. The quantitative estimate of drug-likeness (QED) is 0.101. The number of rotatable bonds is 10. The molecule has 1 aliphatic carbocycles. The van der Waals surface area contributed by atoms with Gasteiger partial charge in [0.25, 0.3) is 0 Å². The van der Waals surface area contributed by atoms with Crippen molar-refractivity contribution in [3.8, 4) is 107 Å². The van der Waals surface area contributed by atoms with Crippen molar-refractivity contribution in [2.24, 2.45) is 0 Å². The monoisotopic (exact) mass is 1050 g/mol. The molecule has 17 rings (SSSR count). The third-order valence-corrected chi connectivity index (χ3v) is 18.2. The highest BCUT2D eigenvalue weighted by Crippen LogP contribution is 2.62. The summed E-state index contributed by atoms with van der Waals surface area (Å²) in [4.78, 5) is 0. The summed E-state index contributed by atoms with van der Waals surface area (Å²) in [5.41, 5.74) is 16.5. The molecule has 0 spiro atoms. The molecular formula is C77H50O5. The van der Waals surface area contributed by atoms with Gasteiger partial charge >= 0.3 is 0 Å². The van der Waals surface area contributed by atoms with Gasteiger partial charge in [0.1, 0.15) is 28.7 Å². The van der Waals surface area contributed by atoms with Gasteiger partial charge in [-0.1, -0.05) is 146 Å². The van der Waals surface area contributed by atoms with Crippen molar-refractivity contribution in [3.63, 3.8) is 0 Å². The third-order valence-electron chi connectivity index (χ3n) is 18.2. The third kappa shape index (κ3) is 6.22. The van der Waals surface area contributed by atoms with E-state index in [-0.39, 0.29) is 0 Å². The maximum absolute atomic E-state index is 5.79. The maximum atomic E-state index is 5.79. The van der Waals surface area contributed by atoms with Crippen molar-refractivity contribution in [2.45, 2.75) is 0 Å². The second-order valence-electron chi connectivity index (χ2n) is 21.8. The van der Waals surface area contributed by atoms with Gasteiger partial charge in [-0.3, -0.25) is 0 Å². The Balaban J connectivity index is 1.01. The average molecular weight is 1060 g/mol. The molecule has 5 heteroatoms. The van der Waals surface area contributed by atoms with E-state index in [9.17, 15) is 0 Å². The van der Waals surface area contributed by atoms with Gasteiger partial charge in [-0.05, 0) is 242 Å². The predicted octanol–water partition coefficient (Wildman–Crippen LogP) is 20.4. The molecule has 0 unspecified atom stereocenters. The van der Waals surface area contributed by atoms with Crippen LogP contribution in [0, 0.1) is 0 Å². The van der Waals surface area contributed by atoms with E-state index in [2.05, 4.69) is 212 Å². The highest BCUT2D eigenvalue weighted by molar-refractivity contribution is 6.50. The van der Waals surface area contributed by atoms with E-state index in [0.717, 1.165) is 67.7 Å². The van der Waals surface area contributed by atoms with Crippen LogP contribution in [0.2, 0.25) is 0 Å². The van der Waals surface area contributed by atoms with Crippen LogP contribution in [0.15, 0.2) is 212 Å². The zero-order valence-electron chi connectivity index (χ0n) is 45.7. The molecule has 0 N–H and O–H groups in total. The van der Waals surface area contributed by atoms with Crippen LogP contribution in [0.5, 0.6) is 28.7 Å². The molecule has 0 saturated carbocycles. The van der Waals surface area contributed by atoms with Gasteiger partial charge in [-0.25, -0.2) is 0 Å². The van der Waals surface area contributed by atoms with Crippen molar-refractivity contribution in [3.05, 3.63) is 212 Å². The Bertz CT molecular complexity index is 5110. The molecule has 1 aliphatic rings. The van der Waals surface area contributed by atoms with Crippen LogP contribution in [0.3, 0.4) is 0 Å². The van der Waals surface area contributed by atoms with Crippen LogP contribution in [-0.2, 0) is 0 Å². The van der Waals surface area contributed by atoms with Gasteiger partial charge in [0.05, 0.1) is 35.5 Å². The predicted molar refractivity (Wildman–Crippen MR) is 342 cm³/mol. The summed E-state index contributed by atoms with van der Waals surface area (Å²) < 4.78 is 28.7. The number of hydrogen-bond acceptors (Lipinski definition) is 5. The van der Waals surface area contributed by atoms with E-state index < -0.39 is 0 Å². The first-order valence-electron chi connectivity index (χ1n) is 27.9. The standard InChI is InChI=1S/C77H50O5/c1-78-47-22-12-41(13-23-47)62-40-63(42-14-24-48(79-2)25-15-42)72-58-36-32-52-54-34-38-60-71-61(39-35-55(69(54)71)53-33-37-59(70(58)68(52)53)73(72)65(62)44-16-26-49(80-3)27-17-44)77-67(46-20-30-51(82-5)31-21-46)75-57-11-7-9-43-8-6-10-56(64(43)57)74(75)66(76(60)77)45-18-28-50(81-4)29-19-45/h6-40H,1-5H3. The Morgan fingerprint density at radius 3 is 0.902 bits per heavy atom. The van der Waals surface area contributed by atoms with Crippen molar-refractivity contribution in [1.29, 1.82) is 0 Å². The van der Waals surface area contributed by atoms with Crippen LogP contribution in [0.1, 0.15) is 0 Å². The second kappa shape index (κ2) is 17.3. The van der Waals surface area contributed by atoms with E-state index in [1.807, 2.05) is 0 Å². The summed E-state index contributed by atoms with van der Waals surface area (Å²) >= 11 is 0. The molecule has 388 valence electrons. The van der Waals surface area contributed by atoms with E-state index in [1.165, 1.54) is 136 Å². The van der Waals surface area contributed by atoms with Gasteiger partial charge in [-0.15, -0.1) is 0 Å². The summed E-state index contributed by atoms with van der Waals surface area (Å²) in [5, 5.41) is 22.8. The fourth-order valence-electron chi connectivity index (χ4n) is 14.7. The lowest BCUT2D eigenvalue weighted by molar-refractivity contribution is 0.414. The Hall–Kier alpha value is -10.4. The number of ether oxygens (including phenoxy) is 5. The topological polar surface area (TPSA) is 46.2 Å². The summed E-state index contributed by atoms with van der Waals surface area (Å²) in [6, 6.07) is 78.4. The minimum atomic E-state index is 0.814. The Morgan fingerprint density at radius 2 is 0.500 bits per heavy atom. The van der Waals surface area contributed by atoms with Gasteiger partial charge in [0, 0.05) is 0 Å². The minimum absolute atomic E-state index is 0.814. The van der Waals surface area contributed by atoms with Crippen LogP contribution in [0.25, 0.3) is 175 Å². The number of methoxy groups -OCH3 is 5. The van der Waals surface area contributed by atoms with Gasteiger partial charge in [0.15, 0.2) is 0 Å². The first-order chi connectivity index (χ1) is 40.5. The normalized spacial score (nSPS) is 12.2. The summed E-state index contributed by atoms with van der Waals surface area (Å²) in [6.07, 6.45) is 0. The lowest BCUT2D eigenvalue weighted by atomic mass is 9.82. The van der Waals surface area contributed by atoms with Gasteiger partial charge in [0.2, 0.25) is 0 Å². The van der Waals surface area contributed by atoms with Crippen molar-refractivity contribution < 1.29 is 23.7 Å². The van der Waals surface area contributed by atoms with Crippen LogP contribution < -0.4 is 23.7 Å². The number of fused-ring (bicyclic) bond motifs is 11. The Labute approximate surface area is 472 Å². The largest absolute Gasteiger partial charge is 0.497 e. The smallest absolute Gasteiger partial charge is 0.118 e. The second-order valence-corrected chi connectivity index (χ2v) is 21.8. The van der Waals surface area contributed by atoms with Gasteiger partial charge in [-0.2, -0.15) is 0 Å². The Morgan fingerprint density at radius 1 is 0.195 bits per heavy atom. The first-order valence-corrected chi connectivity index (χ1v) is 27.9. The maximum Gasteiger partial charge on any atom is 0.118 e. The van der Waals surface area contributed by atoms with E-state index >= 15 is 0 Å². The number of hydrogen-bond donors (Lipinski definition) is 0.